The van der Waals surface area contributed by atoms with Gasteiger partial charge in [-0.25, -0.2) is 30.4 Å². The molecule has 0 bridgehead atoms. The minimum atomic E-state index is -4.34. The van der Waals surface area contributed by atoms with Crippen molar-refractivity contribution in [2.75, 3.05) is 13.3 Å². The van der Waals surface area contributed by atoms with E-state index in [2.05, 4.69) is 9.71 Å². The van der Waals surface area contributed by atoms with Crippen molar-refractivity contribution in [3.05, 3.63) is 52.2 Å². The van der Waals surface area contributed by atoms with E-state index >= 15 is 0 Å². The van der Waals surface area contributed by atoms with Crippen LogP contribution in [0.5, 0.6) is 0 Å². The number of alkyl halides is 3. The molecule has 5 nitrogen and oxygen atoms in total. The van der Waals surface area contributed by atoms with Crippen LogP contribution in [-0.4, -0.2) is 32.6 Å². The summed E-state index contributed by atoms with van der Waals surface area (Å²) in [6.45, 7) is 2.70. The number of aromatic amines is 1. The topological polar surface area (TPSA) is 71.2 Å². The van der Waals surface area contributed by atoms with Crippen LogP contribution in [0.15, 0.2) is 45.9 Å². The van der Waals surface area contributed by atoms with Crippen LogP contribution < -0.4 is 4.72 Å². The van der Waals surface area contributed by atoms with Gasteiger partial charge in [-0.05, 0) is 37.8 Å². The van der Waals surface area contributed by atoms with Gasteiger partial charge in [0.05, 0.1) is 12.1 Å². The van der Waals surface area contributed by atoms with E-state index in [9.17, 15) is 30.4 Å². The smallest absolute Gasteiger partial charge is 0.263 e. The first-order valence-corrected chi connectivity index (χ1v) is 11.1. The van der Waals surface area contributed by atoms with Gasteiger partial charge in [-0.2, -0.15) is 0 Å². The summed E-state index contributed by atoms with van der Waals surface area (Å²) in [6, 6.07) is 0. The summed E-state index contributed by atoms with van der Waals surface area (Å²) >= 11 is 0. The highest BCUT2D eigenvalue weighted by atomic mass is 32.2. The number of hydrogen-bond acceptors (Lipinski definition) is 3. The van der Waals surface area contributed by atoms with E-state index in [1.54, 1.807) is 6.92 Å². The van der Waals surface area contributed by atoms with Gasteiger partial charge < -0.3 is 9.72 Å². The van der Waals surface area contributed by atoms with E-state index in [1.807, 2.05) is 0 Å². The first kappa shape index (κ1) is 25.0. The molecule has 0 atom stereocenters. The van der Waals surface area contributed by atoms with Crippen molar-refractivity contribution in [2.45, 2.75) is 57.3 Å². The van der Waals surface area contributed by atoms with Crippen molar-refractivity contribution in [2.24, 2.45) is 0 Å². The number of halogens is 5. The monoisotopic (exact) mass is 468 g/mol. The maximum absolute atomic E-state index is 14.9. The highest BCUT2D eigenvalue weighted by Crippen LogP contribution is 2.36. The van der Waals surface area contributed by atoms with Crippen molar-refractivity contribution in [3.63, 3.8) is 0 Å². The van der Waals surface area contributed by atoms with Crippen molar-refractivity contribution >= 4 is 10.0 Å². The molecular formula is C20H25F5N2O3S. The normalized spacial score (nSPS) is 18.1. The Morgan fingerprint density at radius 2 is 2.00 bits per heavy atom. The quantitative estimate of drug-likeness (QED) is 0.300. The Bertz CT molecular complexity index is 1010. The first-order valence-electron chi connectivity index (χ1n) is 9.64. The lowest BCUT2D eigenvalue weighted by Crippen LogP contribution is -2.28. The fourth-order valence-electron chi connectivity index (χ4n) is 3.08. The van der Waals surface area contributed by atoms with Crippen LogP contribution in [0.3, 0.4) is 0 Å². The lowest BCUT2D eigenvalue weighted by molar-refractivity contribution is -0.0133. The van der Waals surface area contributed by atoms with E-state index < -0.39 is 65.2 Å². The molecule has 1 aliphatic rings. The molecule has 2 rings (SSSR count). The molecule has 0 amide bonds. The maximum atomic E-state index is 14.9. The van der Waals surface area contributed by atoms with Gasteiger partial charge in [-0.3, -0.25) is 4.72 Å². The third kappa shape index (κ3) is 6.11. The molecule has 0 fully saturated rings. The zero-order valence-corrected chi connectivity index (χ0v) is 18.2. The molecule has 0 spiro atoms. The number of H-pyrrole nitrogens is 1. The summed E-state index contributed by atoms with van der Waals surface area (Å²) < 4.78 is 101. The molecule has 1 aromatic heterocycles. The molecule has 31 heavy (non-hydrogen) atoms. The Morgan fingerprint density at radius 1 is 1.32 bits per heavy atom. The van der Waals surface area contributed by atoms with Crippen LogP contribution in [0.25, 0.3) is 0 Å². The van der Waals surface area contributed by atoms with Crippen LogP contribution in [0, 0.1) is 0 Å². The van der Waals surface area contributed by atoms with Gasteiger partial charge in [0.25, 0.3) is 15.9 Å². The van der Waals surface area contributed by atoms with E-state index in [1.165, 1.54) is 6.92 Å². The van der Waals surface area contributed by atoms with Crippen molar-refractivity contribution in [3.8, 4) is 0 Å². The first-order chi connectivity index (χ1) is 14.4. The lowest BCUT2D eigenvalue weighted by atomic mass is 9.95. The summed E-state index contributed by atoms with van der Waals surface area (Å²) in [6.07, 6.45) is 0.720. The van der Waals surface area contributed by atoms with Crippen LogP contribution >= 0.6 is 0 Å². The number of sulfonamides is 1. The molecule has 0 saturated carbocycles. The second-order valence-corrected chi connectivity index (χ2v) is 8.84. The molecule has 0 saturated heterocycles. The summed E-state index contributed by atoms with van der Waals surface area (Å²) in [5.74, 6) is -5.56. The van der Waals surface area contributed by atoms with Crippen LogP contribution in [0.4, 0.5) is 22.0 Å². The number of ether oxygens (including phenoxy) is 1. The Labute approximate surface area is 178 Å². The summed E-state index contributed by atoms with van der Waals surface area (Å²) in [5, 5.41) is 0. The Hall–Kier alpha value is -2.30. The van der Waals surface area contributed by atoms with Gasteiger partial charge >= 0.3 is 0 Å². The second-order valence-electron chi connectivity index (χ2n) is 7.18. The predicted octanol–water partition coefficient (Wildman–Crippen LogP) is 5.14. The van der Waals surface area contributed by atoms with Gasteiger partial charge in [0.2, 0.25) is 0 Å². The Morgan fingerprint density at radius 3 is 2.58 bits per heavy atom. The highest BCUT2D eigenvalue weighted by Gasteiger charge is 2.38. The number of allylic oxidation sites excluding steroid dienone is 4. The minimum absolute atomic E-state index is 0.114. The predicted molar refractivity (Wildman–Crippen MR) is 106 cm³/mol. The average molecular weight is 468 g/mol. The van der Waals surface area contributed by atoms with Gasteiger partial charge in [-0.15, -0.1) is 0 Å². The van der Waals surface area contributed by atoms with Crippen molar-refractivity contribution < 1.29 is 35.1 Å². The Kier molecular flexibility index (Phi) is 7.96. The number of fused-ring (bicyclic) bond motifs is 1. The van der Waals surface area contributed by atoms with Crippen molar-refractivity contribution in [1.29, 1.82) is 0 Å². The lowest BCUT2D eigenvalue weighted by Gasteiger charge is -2.22. The third-order valence-corrected chi connectivity index (χ3v) is 6.29. The summed E-state index contributed by atoms with van der Waals surface area (Å²) in [7, 11) is -4.34. The van der Waals surface area contributed by atoms with Crippen molar-refractivity contribution in [1.82, 2.24) is 9.71 Å². The van der Waals surface area contributed by atoms with Crippen LogP contribution in [0.2, 0.25) is 0 Å². The van der Waals surface area contributed by atoms with E-state index in [-0.39, 0.29) is 29.0 Å². The van der Waals surface area contributed by atoms with Gasteiger partial charge in [0.1, 0.15) is 24.0 Å². The molecule has 0 radical (unpaired) electrons. The summed E-state index contributed by atoms with van der Waals surface area (Å²) in [4.78, 5) is 2.32. The Balaban J connectivity index is 2.41. The van der Waals surface area contributed by atoms with Gasteiger partial charge in [0.15, 0.2) is 11.6 Å². The SMILES string of the molecule is CCC(C)=C(NS(=O)(=O)c1c[nH]c2c1CCC(F)(F)C2)/C(F)=C\C(OCCF)=C(/C)F. The molecule has 0 aromatic carbocycles. The molecule has 0 unspecified atom stereocenters. The fraction of sp³-hybridized carbons (Fsp3) is 0.500. The largest absolute Gasteiger partial charge is 0.488 e. The molecule has 0 aliphatic heterocycles. The van der Waals surface area contributed by atoms with Crippen LogP contribution in [-0.2, 0) is 27.6 Å². The molecule has 2 N–H and O–H groups in total. The summed E-state index contributed by atoms with van der Waals surface area (Å²) in [5.41, 5.74) is 0.210. The fourth-order valence-corrected chi connectivity index (χ4v) is 4.50. The van der Waals surface area contributed by atoms with Gasteiger partial charge in [0, 0.05) is 24.4 Å². The number of hydrogen-bond donors (Lipinski definition) is 2. The number of nitrogens with one attached hydrogen (secondary N) is 2. The third-order valence-electron chi connectivity index (χ3n) is 4.87. The molecule has 174 valence electrons. The van der Waals surface area contributed by atoms with E-state index in [4.69, 9.17) is 4.74 Å². The van der Waals surface area contributed by atoms with E-state index in [0.717, 1.165) is 13.1 Å². The highest BCUT2D eigenvalue weighted by molar-refractivity contribution is 7.89. The zero-order valence-electron chi connectivity index (χ0n) is 17.4. The number of aromatic nitrogens is 1. The minimum Gasteiger partial charge on any atom is -0.488 e. The number of rotatable bonds is 9. The molecule has 11 heteroatoms. The van der Waals surface area contributed by atoms with Gasteiger partial charge in [-0.1, -0.05) is 6.92 Å². The molecular weight excluding hydrogens is 443 g/mol. The molecule has 1 aromatic rings. The second kappa shape index (κ2) is 9.88. The molecule has 1 aliphatic carbocycles. The van der Waals surface area contributed by atoms with E-state index in [0.29, 0.717) is 11.6 Å². The van der Waals surface area contributed by atoms with Crippen LogP contribution in [0.1, 0.15) is 44.9 Å². The zero-order chi connectivity index (χ0) is 23.4. The average Bonchev–Trinajstić information content (AvgIpc) is 3.11. The molecule has 1 heterocycles. The maximum Gasteiger partial charge on any atom is 0.263 e. The standard InChI is InChI=1S/C20H25F5N2O3S/c1-4-12(2)19(15(23)9-17(13(3)22)30-8-7-21)27-31(28,29)18-11-26-16-10-20(24,25)6-5-14(16)18/h9,11,26-27H,4-8,10H2,1-3H3/b15-9+,17-13-,19-12?.